The lowest BCUT2D eigenvalue weighted by molar-refractivity contribution is -0.0911. The summed E-state index contributed by atoms with van der Waals surface area (Å²) in [6.07, 6.45) is 6.89. The molecule has 1 spiro atoms. The van der Waals surface area contributed by atoms with Crippen molar-refractivity contribution in [2.24, 2.45) is 11.1 Å². The number of rotatable bonds is 2. The molecule has 0 saturated heterocycles. The van der Waals surface area contributed by atoms with Crippen LogP contribution in [0.4, 0.5) is 4.39 Å². The van der Waals surface area contributed by atoms with Crippen LogP contribution in [0.25, 0.3) is 0 Å². The van der Waals surface area contributed by atoms with Crippen LogP contribution in [0.2, 0.25) is 0 Å². The molecule has 1 aromatic rings. The molecule has 3 rings (SSSR count). The van der Waals surface area contributed by atoms with Crippen LogP contribution in [-0.4, -0.2) is 12.1 Å². The van der Waals surface area contributed by atoms with Gasteiger partial charge in [-0.15, -0.1) is 0 Å². The summed E-state index contributed by atoms with van der Waals surface area (Å²) in [4.78, 5) is 0. The summed E-state index contributed by atoms with van der Waals surface area (Å²) in [6, 6.07) is 5.17. The van der Waals surface area contributed by atoms with Gasteiger partial charge in [0.25, 0.3) is 0 Å². The van der Waals surface area contributed by atoms with Crippen molar-refractivity contribution in [1.82, 2.24) is 0 Å². The Labute approximate surface area is 121 Å². The first-order valence-electron chi connectivity index (χ1n) is 6.99. The molecule has 1 aromatic carbocycles. The molecular weight excluding hydrogens is 309 g/mol. The van der Waals surface area contributed by atoms with E-state index in [1.807, 2.05) is 6.07 Å². The van der Waals surface area contributed by atoms with E-state index in [1.54, 1.807) is 6.07 Å². The van der Waals surface area contributed by atoms with Crippen molar-refractivity contribution >= 4 is 15.9 Å². The van der Waals surface area contributed by atoms with Crippen LogP contribution in [-0.2, 0) is 0 Å². The standard InChI is InChI=1S/C15H19BrFNO/c16-10-4-5-12(11(17)8-10)19-14-9-13(18)15(14)6-2-1-3-7-15/h4-5,8,13-14H,1-3,6-7,9,18H2. The Morgan fingerprint density at radius 1 is 1.26 bits per heavy atom. The van der Waals surface area contributed by atoms with Crippen LogP contribution in [0.1, 0.15) is 38.5 Å². The van der Waals surface area contributed by atoms with Crippen LogP contribution in [0.5, 0.6) is 5.75 Å². The molecule has 104 valence electrons. The molecule has 2 fully saturated rings. The van der Waals surface area contributed by atoms with Crippen LogP contribution < -0.4 is 10.5 Å². The second-order valence-electron chi connectivity index (χ2n) is 5.82. The van der Waals surface area contributed by atoms with Crippen molar-refractivity contribution in [1.29, 1.82) is 0 Å². The molecular formula is C15H19BrFNO. The minimum absolute atomic E-state index is 0.0819. The maximum atomic E-state index is 13.8. The van der Waals surface area contributed by atoms with Crippen molar-refractivity contribution < 1.29 is 9.13 Å². The summed E-state index contributed by atoms with van der Waals surface area (Å²) in [7, 11) is 0. The van der Waals surface area contributed by atoms with Crippen LogP contribution in [0.15, 0.2) is 22.7 Å². The van der Waals surface area contributed by atoms with Gasteiger partial charge in [0.1, 0.15) is 6.10 Å². The zero-order chi connectivity index (χ0) is 13.5. The Balaban J connectivity index is 1.76. The van der Waals surface area contributed by atoms with Gasteiger partial charge >= 0.3 is 0 Å². The second-order valence-corrected chi connectivity index (χ2v) is 6.73. The van der Waals surface area contributed by atoms with E-state index in [-0.39, 0.29) is 23.4 Å². The molecule has 2 nitrogen and oxygen atoms in total. The Kier molecular flexibility index (Phi) is 3.56. The highest BCUT2D eigenvalue weighted by Crippen LogP contribution is 2.52. The van der Waals surface area contributed by atoms with Gasteiger partial charge in [-0.3, -0.25) is 0 Å². The Morgan fingerprint density at radius 3 is 2.63 bits per heavy atom. The van der Waals surface area contributed by atoms with E-state index in [4.69, 9.17) is 10.5 Å². The van der Waals surface area contributed by atoms with E-state index in [0.29, 0.717) is 5.75 Å². The van der Waals surface area contributed by atoms with E-state index < -0.39 is 0 Å². The molecule has 2 N–H and O–H groups in total. The lowest BCUT2D eigenvalue weighted by Crippen LogP contribution is -2.64. The summed E-state index contributed by atoms with van der Waals surface area (Å²) in [5.41, 5.74) is 6.31. The van der Waals surface area contributed by atoms with E-state index in [0.717, 1.165) is 23.7 Å². The average molecular weight is 328 g/mol. The van der Waals surface area contributed by atoms with Crippen molar-refractivity contribution in [2.45, 2.75) is 50.7 Å². The zero-order valence-electron chi connectivity index (χ0n) is 10.9. The molecule has 0 aromatic heterocycles. The van der Waals surface area contributed by atoms with Gasteiger partial charge in [-0.25, -0.2) is 4.39 Å². The molecule has 0 amide bonds. The quantitative estimate of drug-likeness (QED) is 0.890. The highest BCUT2D eigenvalue weighted by atomic mass is 79.9. The molecule has 2 aliphatic rings. The summed E-state index contributed by atoms with van der Waals surface area (Å²) >= 11 is 3.26. The van der Waals surface area contributed by atoms with Crippen molar-refractivity contribution in [3.8, 4) is 5.75 Å². The van der Waals surface area contributed by atoms with Gasteiger partial charge in [0.15, 0.2) is 11.6 Å². The lowest BCUT2D eigenvalue weighted by atomic mass is 9.55. The summed E-state index contributed by atoms with van der Waals surface area (Å²) in [5.74, 6) is 0.0471. The van der Waals surface area contributed by atoms with E-state index >= 15 is 0 Å². The van der Waals surface area contributed by atoms with Crippen molar-refractivity contribution in [3.05, 3.63) is 28.5 Å². The molecule has 19 heavy (non-hydrogen) atoms. The minimum atomic E-state index is -0.305. The SMILES string of the molecule is NC1CC(Oc2ccc(Br)cc2F)C12CCCCC2. The van der Waals surface area contributed by atoms with E-state index in [1.165, 1.54) is 25.3 Å². The Hall–Kier alpha value is -0.610. The van der Waals surface area contributed by atoms with Crippen molar-refractivity contribution in [2.75, 3.05) is 0 Å². The normalized spacial score (nSPS) is 29.0. The predicted octanol–water partition coefficient (Wildman–Crippen LogP) is 4.02. The molecule has 4 heteroatoms. The van der Waals surface area contributed by atoms with Gasteiger partial charge in [-0.05, 0) is 31.0 Å². The largest absolute Gasteiger partial charge is 0.487 e. The fraction of sp³-hybridized carbons (Fsp3) is 0.600. The third-order valence-electron chi connectivity index (χ3n) is 4.80. The lowest BCUT2D eigenvalue weighted by Gasteiger charge is -2.56. The predicted molar refractivity (Wildman–Crippen MR) is 76.6 cm³/mol. The molecule has 2 atom stereocenters. The van der Waals surface area contributed by atoms with Gasteiger partial charge in [0.05, 0.1) is 0 Å². The molecule has 2 aliphatic carbocycles. The van der Waals surface area contributed by atoms with Gasteiger partial charge < -0.3 is 10.5 Å². The van der Waals surface area contributed by atoms with E-state index in [9.17, 15) is 4.39 Å². The number of halogens is 2. The first-order valence-corrected chi connectivity index (χ1v) is 7.78. The molecule has 0 bridgehead atoms. The van der Waals surface area contributed by atoms with Crippen LogP contribution >= 0.6 is 15.9 Å². The molecule has 2 unspecified atom stereocenters. The highest BCUT2D eigenvalue weighted by Gasteiger charge is 2.55. The van der Waals surface area contributed by atoms with Gasteiger partial charge in [-0.2, -0.15) is 0 Å². The molecule has 2 saturated carbocycles. The zero-order valence-corrected chi connectivity index (χ0v) is 12.5. The number of nitrogens with two attached hydrogens (primary N) is 1. The topological polar surface area (TPSA) is 35.2 Å². The van der Waals surface area contributed by atoms with E-state index in [2.05, 4.69) is 15.9 Å². The van der Waals surface area contributed by atoms with Crippen LogP contribution in [0.3, 0.4) is 0 Å². The summed E-state index contributed by atoms with van der Waals surface area (Å²) in [6.45, 7) is 0. The number of hydrogen-bond acceptors (Lipinski definition) is 2. The first-order chi connectivity index (χ1) is 9.12. The number of ether oxygens (including phenoxy) is 1. The summed E-state index contributed by atoms with van der Waals surface area (Å²) < 4.78 is 20.5. The Bertz CT molecular complexity index is 473. The minimum Gasteiger partial charge on any atom is -0.487 e. The fourth-order valence-electron chi connectivity index (χ4n) is 3.57. The fourth-order valence-corrected chi connectivity index (χ4v) is 3.90. The molecule has 0 radical (unpaired) electrons. The van der Waals surface area contributed by atoms with Gasteiger partial charge in [0.2, 0.25) is 0 Å². The average Bonchev–Trinajstić information content (AvgIpc) is 2.42. The monoisotopic (exact) mass is 327 g/mol. The first kappa shape index (κ1) is 13.4. The Morgan fingerprint density at radius 2 is 2.00 bits per heavy atom. The van der Waals surface area contributed by atoms with Crippen molar-refractivity contribution in [3.63, 3.8) is 0 Å². The second kappa shape index (κ2) is 5.06. The highest BCUT2D eigenvalue weighted by molar-refractivity contribution is 9.10. The summed E-state index contributed by atoms with van der Waals surface area (Å²) in [5, 5.41) is 0. The molecule has 0 heterocycles. The smallest absolute Gasteiger partial charge is 0.166 e. The maximum Gasteiger partial charge on any atom is 0.166 e. The third-order valence-corrected chi connectivity index (χ3v) is 5.29. The van der Waals surface area contributed by atoms with Gasteiger partial charge in [-0.1, -0.05) is 35.2 Å². The molecule has 0 aliphatic heterocycles. The third kappa shape index (κ3) is 2.29. The van der Waals surface area contributed by atoms with Crippen LogP contribution in [0, 0.1) is 11.2 Å². The van der Waals surface area contributed by atoms with Gasteiger partial charge in [0, 0.05) is 22.4 Å². The number of benzene rings is 1. The maximum absolute atomic E-state index is 13.8. The number of hydrogen-bond donors (Lipinski definition) is 1.